The van der Waals surface area contributed by atoms with Gasteiger partial charge in [-0.25, -0.2) is 4.39 Å². The van der Waals surface area contributed by atoms with Crippen LogP contribution in [0.1, 0.15) is 23.2 Å². The third-order valence-corrected chi connectivity index (χ3v) is 3.63. The van der Waals surface area contributed by atoms with Gasteiger partial charge < -0.3 is 4.74 Å². The monoisotopic (exact) mass is 384 g/mol. The van der Waals surface area contributed by atoms with Crippen LogP contribution in [-0.4, -0.2) is 18.4 Å². The van der Waals surface area contributed by atoms with E-state index in [2.05, 4.69) is 10.9 Å². The molecule has 5 nitrogen and oxygen atoms in total. The van der Waals surface area contributed by atoms with Crippen molar-refractivity contribution in [3.8, 4) is 5.75 Å². The number of rotatable bonds is 6. The van der Waals surface area contributed by atoms with Crippen LogP contribution < -0.4 is 15.6 Å². The molecule has 0 saturated carbocycles. The molecule has 0 aliphatic heterocycles. The van der Waals surface area contributed by atoms with Gasteiger partial charge in [0.15, 0.2) is 0 Å². The molecule has 0 aliphatic carbocycles. The first kappa shape index (κ1) is 19.0. The molecule has 0 fully saturated rings. The Kier molecular flexibility index (Phi) is 7.03. The highest BCUT2D eigenvalue weighted by molar-refractivity contribution is 6.35. The predicted molar refractivity (Wildman–Crippen MR) is 93.2 cm³/mol. The Morgan fingerprint density at radius 3 is 2.60 bits per heavy atom. The Morgan fingerprint density at radius 2 is 1.88 bits per heavy atom. The van der Waals surface area contributed by atoms with Crippen molar-refractivity contribution in [3.05, 3.63) is 63.9 Å². The largest absolute Gasteiger partial charge is 0.492 e. The molecule has 0 heterocycles. The van der Waals surface area contributed by atoms with Crippen LogP contribution >= 0.6 is 23.2 Å². The van der Waals surface area contributed by atoms with Crippen LogP contribution in [0.3, 0.4) is 0 Å². The minimum absolute atomic E-state index is 0.112. The van der Waals surface area contributed by atoms with Gasteiger partial charge in [0.25, 0.3) is 5.91 Å². The number of hydrogen-bond donors (Lipinski definition) is 2. The van der Waals surface area contributed by atoms with E-state index < -0.39 is 17.6 Å². The summed E-state index contributed by atoms with van der Waals surface area (Å²) >= 11 is 11.7. The van der Waals surface area contributed by atoms with Crippen LogP contribution in [0.2, 0.25) is 10.0 Å². The second-order valence-electron chi connectivity index (χ2n) is 5.04. The summed E-state index contributed by atoms with van der Waals surface area (Å²) in [4.78, 5) is 23.4. The van der Waals surface area contributed by atoms with Crippen molar-refractivity contribution < 1.29 is 18.7 Å². The first-order chi connectivity index (χ1) is 12.0. The lowest BCUT2D eigenvalue weighted by atomic mass is 10.2. The van der Waals surface area contributed by atoms with Gasteiger partial charge in [0.2, 0.25) is 5.91 Å². The minimum atomic E-state index is -0.600. The Bertz CT molecular complexity index is 771. The SMILES string of the molecule is O=C(CCCOc1ccc(Cl)cc1Cl)NNC(=O)c1cccc(F)c1. The smallest absolute Gasteiger partial charge is 0.269 e. The fourth-order valence-electron chi connectivity index (χ4n) is 1.90. The van der Waals surface area contributed by atoms with Crippen LogP contribution in [0.25, 0.3) is 0 Å². The highest BCUT2D eigenvalue weighted by Crippen LogP contribution is 2.27. The maximum Gasteiger partial charge on any atom is 0.269 e. The highest BCUT2D eigenvalue weighted by atomic mass is 35.5. The zero-order valence-corrected chi connectivity index (χ0v) is 14.5. The molecule has 2 aromatic rings. The van der Waals surface area contributed by atoms with E-state index in [1.54, 1.807) is 18.2 Å². The molecule has 0 bridgehead atoms. The van der Waals surface area contributed by atoms with Crippen LogP contribution in [0.5, 0.6) is 5.75 Å². The summed E-state index contributed by atoms with van der Waals surface area (Å²) in [5, 5.41) is 0.894. The number of carbonyl (C=O) groups excluding carboxylic acids is 2. The molecule has 0 radical (unpaired) electrons. The first-order valence-corrected chi connectivity index (χ1v) is 8.14. The van der Waals surface area contributed by atoms with E-state index in [0.29, 0.717) is 22.2 Å². The summed E-state index contributed by atoms with van der Waals surface area (Å²) in [6.45, 7) is 0.270. The molecule has 0 spiro atoms. The number of benzene rings is 2. The molecule has 0 saturated heterocycles. The number of hydrazine groups is 1. The number of nitrogens with one attached hydrogen (secondary N) is 2. The molecular weight excluding hydrogens is 370 g/mol. The van der Waals surface area contributed by atoms with Crippen molar-refractivity contribution in [2.24, 2.45) is 0 Å². The third-order valence-electron chi connectivity index (χ3n) is 3.10. The fraction of sp³-hybridized carbons (Fsp3) is 0.176. The fourth-order valence-corrected chi connectivity index (χ4v) is 2.36. The minimum Gasteiger partial charge on any atom is -0.492 e. The molecule has 0 aliphatic rings. The molecule has 0 atom stereocenters. The lowest BCUT2D eigenvalue weighted by Gasteiger charge is -2.09. The molecule has 8 heteroatoms. The molecule has 0 unspecified atom stereocenters. The van der Waals surface area contributed by atoms with Crippen LogP contribution in [-0.2, 0) is 4.79 Å². The summed E-state index contributed by atoms with van der Waals surface area (Å²) in [6.07, 6.45) is 0.551. The molecule has 132 valence electrons. The third kappa shape index (κ3) is 6.25. The van der Waals surface area contributed by atoms with Crippen molar-refractivity contribution in [1.82, 2.24) is 10.9 Å². The quantitative estimate of drug-likeness (QED) is 0.588. The number of ether oxygens (including phenoxy) is 1. The normalized spacial score (nSPS) is 10.2. The van der Waals surface area contributed by atoms with Gasteiger partial charge in [0.05, 0.1) is 11.6 Å². The van der Waals surface area contributed by atoms with E-state index in [4.69, 9.17) is 27.9 Å². The first-order valence-electron chi connectivity index (χ1n) is 7.38. The summed E-state index contributed by atoms with van der Waals surface area (Å²) in [6, 6.07) is 10.0. The topological polar surface area (TPSA) is 67.4 Å². The van der Waals surface area contributed by atoms with Crippen molar-refractivity contribution in [1.29, 1.82) is 0 Å². The summed E-state index contributed by atoms with van der Waals surface area (Å²) in [7, 11) is 0. The number of carbonyl (C=O) groups is 2. The second-order valence-corrected chi connectivity index (χ2v) is 5.88. The Morgan fingerprint density at radius 1 is 1.08 bits per heavy atom. The predicted octanol–water partition coefficient (Wildman–Crippen LogP) is 3.75. The van der Waals surface area contributed by atoms with Crippen LogP contribution in [0, 0.1) is 5.82 Å². The van der Waals surface area contributed by atoms with Crippen molar-refractivity contribution in [2.45, 2.75) is 12.8 Å². The van der Waals surface area contributed by atoms with Gasteiger partial charge in [-0.1, -0.05) is 29.3 Å². The molecule has 2 amide bonds. The van der Waals surface area contributed by atoms with E-state index >= 15 is 0 Å². The summed E-state index contributed by atoms with van der Waals surface area (Å²) < 4.78 is 18.5. The number of amides is 2. The summed E-state index contributed by atoms with van der Waals surface area (Å²) in [5.41, 5.74) is 4.59. The standard InChI is InChI=1S/C17H15Cl2FN2O3/c18-12-6-7-15(14(19)10-12)25-8-2-5-16(23)21-22-17(24)11-3-1-4-13(20)9-11/h1,3-4,6-7,9-10H,2,5,8H2,(H,21,23)(H,22,24). The van der Waals surface area contributed by atoms with Crippen LogP contribution in [0.15, 0.2) is 42.5 Å². The van der Waals surface area contributed by atoms with E-state index in [0.717, 1.165) is 6.07 Å². The van der Waals surface area contributed by atoms with Crippen molar-refractivity contribution in [2.75, 3.05) is 6.61 Å². The van der Waals surface area contributed by atoms with Crippen molar-refractivity contribution >= 4 is 35.0 Å². The van der Waals surface area contributed by atoms with Gasteiger partial charge in [0.1, 0.15) is 11.6 Å². The zero-order valence-electron chi connectivity index (χ0n) is 13.0. The Hall–Kier alpha value is -2.31. The van der Waals surface area contributed by atoms with Gasteiger partial charge in [-0.3, -0.25) is 20.4 Å². The number of halogens is 3. The maximum atomic E-state index is 13.0. The van der Waals surface area contributed by atoms with Gasteiger partial charge >= 0.3 is 0 Å². The van der Waals surface area contributed by atoms with Crippen molar-refractivity contribution in [3.63, 3.8) is 0 Å². The van der Waals surface area contributed by atoms with E-state index in [-0.39, 0.29) is 18.6 Å². The van der Waals surface area contributed by atoms with E-state index in [1.165, 1.54) is 18.2 Å². The van der Waals surface area contributed by atoms with Crippen LogP contribution in [0.4, 0.5) is 4.39 Å². The molecule has 2 rings (SSSR count). The van der Waals surface area contributed by atoms with Gasteiger partial charge in [-0.15, -0.1) is 0 Å². The lowest BCUT2D eigenvalue weighted by molar-refractivity contribution is -0.122. The molecule has 2 N–H and O–H groups in total. The molecular formula is C17H15Cl2FN2O3. The molecule has 2 aromatic carbocycles. The highest BCUT2D eigenvalue weighted by Gasteiger charge is 2.08. The molecule has 25 heavy (non-hydrogen) atoms. The number of hydrogen-bond acceptors (Lipinski definition) is 3. The molecule has 0 aromatic heterocycles. The lowest BCUT2D eigenvalue weighted by Crippen LogP contribution is -2.41. The van der Waals surface area contributed by atoms with Gasteiger partial charge in [-0.05, 0) is 42.8 Å². The zero-order chi connectivity index (χ0) is 18.2. The average molecular weight is 385 g/mol. The van der Waals surface area contributed by atoms with E-state index in [1.807, 2.05) is 0 Å². The summed E-state index contributed by atoms with van der Waals surface area (Å²) in [5.74, 6) is -1.05. The Labute approximate surface area is 154 Å². The van der Waals surface area contributed by atoms with E-state index in [9.17, 15) is 14.0 Å². The average Bonchev–Trinajstić information content (AvgIpc) is 2.58. The second kappa shape index (κ2) is 9.25. The van der Waals surface area contributed by atoms with Gasteiger partial charge in [0, 0.05) is 17.0 Å². The maximum absolute atomic E-state index is 13.0. The van der Waals surface area contributed by atoms with Gasteiger partial charge in [-0.2, -0.15) is 0 Å². The Balaban J connectivity index is 1.68.